The third kappa shape index (κ3) is 6.89. The molecule has 3 aromatic carbocycles. The second-order valence-corrected chi connectivity index (χ2v) is 9.85. The van der Waals surface area contributed by atoms with Crippen LogP contribution in [0.25, 0.3) is 22.0 Å². The van der Waals surface area contributed by atoms with Gasteiger partial charge in [-0.1, -0.05) is 12.1 Å². The molecule has 0 fully saturated rings. The second kappa shape index (κ2) is 13.5. The molecule has 3 N–H and O–H groups in total. The molecule has 5 aromatic rings. The van der Waals surface area contributed by atoms with Crippen molar-refractivity contribution in [3.05, 3.63) is 101 Å². The number of rotatable bonds is 5. The van der Waals surface area contributed by atoms with Gasteiger partial charge in [-0.2, -0.15) is 0 Å². The summed E-state index contributed by atoms with van der Waals surface area (Å²) in [4.78, 5) is 37.4. The van der Waals surface area contributed by atoms with E-state index < -0.39 is 23.0 Å². The number of nitrogens with one attached hydrogen (secondary N) is 3. The lowest BCUT2D eigenvalue weighted by atomic mass is 10.0. The number of nitrogens with zero attached hydrogens (tertiary/aromatic N) is 2. The molecule has 1 aliphatic rings. The number of benzene rings is 3. The summed E-state index contributed by atoms with van der Waals surface area (Å²) < 4.78 is 51.4. The van der Waals surface area contributed by atoms with Crippen LogP contribution in [0.15, 0.2) is 78.1 Å². The Morgan fingerprint density at radius 2 is 1.53 bits per heavy atom. The number of halogens is 2. The van der Waals surface area contributed by atoms with Crippen LogP contribution in [0.2, 0.25) is 0 Å². The third-order valence-electron chi connectivity index (χ3n) is 6.87. The summed E-state index contributed by atoms with van der Waals surface area (Å²) >= 11 is 0. The van der Waals surface area contributed by atoms with Crippen LogP contribution in [0.3, 0.4) is 0 Å². The van der Waals surface area contributed by atoms with Gasteiger partial charge in [0, 0.05) is 35.1 Å². The van der Waals surface area contributed by atoms with Gasteiger partial charge in [0.2, 0.25) is 5.43 Å². The van der Waals surface area contributed by atoms with Crippen molar-refractivity contribution in [3.63, 3.8) is 0 Å². The first kappa shape index (κ1) is 29.7. The van der Waals surface area contributed by atoms with Crippen molar-refractivity contribution in [2.45, 2.75) is 0 Å². The summed E-state index contributed by atoms with van der Waals surface area (Å²) in [6.45, 7) is 2.24. The summed E-state index contributed by atoms with van der Waals surface area (Å²) in [6, 6.07) is 12.8. The van der Waals surface area contributed by atoms with Crippen LogP contribution in [0.1, 0.15) is 10.4 Å². The molecule has 1 amide bonds. The van der Waals surface area contributed by atoms with Gasteiger partial charge in [-0.25, -0.2) is 18.7 Å². The van der Waals surface area contributed by atoms with Crippen molar-refractivity contribution in [1.82, 2.24) is 15.0 Å². The highest BCUT2D eigenvalue weighted by Crippen LogP contribution is 2.35. The van der Waals surface area contributed by atoms with E-state index in [4.69, 9.17) is 18.9 Å². The Kier molecular flexibility index (Phi) is 8.89. The van der Waals surface area contributed by atoms with Gasteiger partial charge in [0.05, 0.1) is 37.6 Å². The summed E-state index contributed by atoms with van der Waals surface area (Å²) in [7, 11) is 0. The average Bonchev–Trinajstić information content (AvgIpc) is 3.03. The van der Waals surface area contributed by atoms with Gasteiger partial charge in [-0.3, -0.25) is 9.59 Å². The first-order valence-corrected chi connectivity index (χ1v) is 14.0. The number of aromatic amines is 1. The van der Waals surface area contributed by atoms with E-state index in [1.807, 2.05) is 0 Å². The Hall–Kier alpha value is -5.40. The maximum atomic E-state index is 15.3. The number of carbonyl (C=O) groups is 1. The molecule has 0 radical (unpaired) electrons. The van der Waals surface area contributed by atoms with Crippen molar-refractivity contribution in [3.8, 4) is 22.6 Å². The molecule has 2 aromatic heterocycles. The number of pyridine rings is 1. The van der Waals surface area contributed by atoms with E-state index in [-0.39, 0.29) is 29.1 Å². The molecule has 0 spiro atoms. The molecule has 230 valence electrons. The van der Waals surface area contributed by atoms with Gasteiger partial charge in [0.15, 0.2) is 11.5 Å². The molecule has 1 aliphatic heterocycles. The number of H-pyrrole nitrogens is 1. The minimum atomic E-state index is -0.740. The van der Waals surface area contributed by atoms with Gasteiger partial charge in [0.25, 0.3) is 5.91 Å². The zero-order chi connectivity index (χ0) is 31.2. The zero-order valence-corrected chi connectivity index (χ0v) is 23.8. The lowest BCUT2D eigenvalue weighted by Crippen LogP contribution is -2.22. The quantitative estimate of drug-likeness (QED) is 0.248. The van der Waals surface area contributed by atoms with E-state index in [0.29, 0.717) is 66.8 Å². The predicted molar refractivity (Wildman–Crippen MR) is 162 cm³/mol. The van der Waals surface area contributed by atoms with Gasteiger partial charge in [-0.15, -0.1) is 0 Å². The van der Waals surface area contributed by atoms with Crippen molar-refractivity contribution in [1.29, 1.82) is 0 Å². The van der Waals surface area contributed by atoms with E-state index in [2.05, 4.69) is 25.6 Å². The maximum absolute atomic E-state index is 15.3. The Labute approximate surface area is 255 Å². The fraction of sp³-hybridized carbons (Fsp3) is 0.188. The number of ether oxygens (including phenoxy) is 4. The molecular formula is C32H27F2N5O6. The normalized spacial score (nSPS) is 13.8. The maximum Gasteiger partial charge on any atom is 0.261 e. The number of fused-ring (bicyclic) bond motifs is 2. The topological polar surface area (TPSA) is 137 Å². The lowest BCUT2D eigenvalue weighted by molar-refractivity contribution is 0.0224. The Morgan fingerprint density at radius 3 is 2.27 bits per heavy atom. The molecule has 0 atom stereocenters. The standard InChI is InChI=1S/C32H27F2N5O6/c33-20-3-1-19(2-4-20)23-16-35-17-24(30(23)40)32(41)38-21-5-6-26(25(34)13-21)39-31-22-14-28-29(15-27(22)36-18-37-31)45-12-10-43-8-7-42-9-11-44-28/h1-6,13-18H,7-12H2,(H,35,40)(H,38,41)(H,36,37,39). The highest BCUT2D eigenvalue weighted by Gasteiger charge is 2.17. The first-order chi connectivity index (χ1) is 22.0. The third-order valence-corrected chi connectivity index (χ3v) is 6.87. The van der Waals surface area contributed by atoms with Gasteiger partial charge < -0.3 is 34.6 Å². The first-order valence-electron chi connectivity index (χ1n) is 14.0. The summed E-state index contributed by atoms with van der Waals surface area (Å²) in [6.07, 6.45) is 4.02. The number of hydrogen-bond acceptors (Lipinski definition) is 9. The van der Waals surface area contributed by atoms with Crippen LogP contribution < -0.4 is 25.5 Å². The van der Waals surface area contributed by atoms with E-state index in [1.54, 1.807) is 12.1 Å². The van der Waals surface area contributed by atoms with Crippen LogP contribution in [-0.2, 0) is 9.47 Å². The minimum absolute atomic E-state index is 0.0830. The SMILES string of the molecule is O=C(Nc1ccc(Nc2ncnc3cc4c(cc23)OCCOCCOCCO4)c(F)c1)c1c[nH]cc(-c2ccc(F)cc2)c1=O. The second-order valence-electron chi connectivity index (χ2n) is 9.85. The largest absolute Gasteiger partial charge is 0.487 e. The van der Waals surface area contributed by atoms with Crippen molar-refractivity contribution < 1.29 is 32.5 Å². The molecule has 0 saturated carbocycles. The smallest absolute Gasteiger partial charge is 0.261 e. The summed E-state index contributed by atoms with van der Waals surface area (Å²) in [5.74, 6) is -0.636. The Balaban J connectivity index is 1.21. The lowest BCUT2D eigenvalue weighted by Gasteiger charge is -2.17. The molecule has 3 heterocycles. The number of carbonyl (C=O) groups excluding carboxylic acids is 1. The number of amides is 1. The fourth-order valence-corrected chi connectivity index (χ4v) is 4.65. The molecule has 0 aliphatic carbocycles. The zero-order valence-electron chi connectivity index (χ0n) is 23.8. The predicted octanol–water partition coefficient (Wildman–Crippen LogP) is 5.06. The van der Waals surface area contributed by atoms with Gasteiger partial charge >= 0.3 is 0 Å². The van der Waals surface area contributed by atoms with E-state index in [1.165, 1.54) is 55.1 Å². The van der Waals surface area contributed by atoms with Crippen molar-refractivity contribution >= 4 is 34.0 Å². The van der Waals surface area contributed by atoms with E-state index >= 15 is 4.39 Å². The van der Waals surface area contributed by atoms with Crippen LogP contribution >= 0.6 is 0 Å². The summed E-state index contributed by atoms with van der Waals surface area (Å²) in [5.41, 5.74) is 0.624. The average molecular weight is 616 g/mol. The highest BCUT2D eigenvalue weighted by atomic mass is 19.1. The van der Waals surface area contributed by atoms with E-state index in [9.17, 15) is 14.0 Å². The highest BCUT2D eigenvalue weighted by molar-refractivity contribution is 6.04. The molecule has 0 bridgehead atoms. The fourth-order valence-electron chi connectivity index (χ4n) is 4.65. The monoisotopic (exact) mass is 615 g/mol. The van der Waals surface area contributed by atoms with Crippen LogP contribution in [-0.4, -0.2) is 60.5 Å². The molecule has 6 rings (SSSR count). The van der Waals surface area contributed by atoms with Crippen LogP contribution in [0.5, 0.6) is 11.5 Å². The summed E-state index contributed by atoms with van der Waals surface area (Å²) in [5, 5.41) is 6.09. The number of hydrogen-bond donors (Lipinski definition) is 3. The van der Waals surface area contributed by atoms with Crippen molar-refractivity contribution in [2.75, 3.05) is 50.3 Å². The van der Waals surface area contributed by atoms with E-state index in [0.717, 1.165) is 6.07 Å². The van der Waals surface area contributed by atoms with Crippen LogP contribution in [0, 0.1) is 11.6 Å². The van der Waals surface area contributed by atoms with Gasteiger partial charge in [-0.05, 0) is 42.0 Å². The molecule has 0 saturated heterocycles. The van der Waals surface area contributed by atoms with Crippen molar-refractivity contribution in [2.24, 2.45) is 0 Å². The number of anilines is 3. The minimum Gasteiger partial charge on any atom is -0.487 e. The molecule has 13 heteroatoms. The Bertz CT molecular complexity index is 1900. The molecule has 0 unspecified atom stereocenters. The Morgan fingerprint density at radius 1 is 0.822 bits per heavy atom. The van der Waals surface area contributed by atoms with Gasteiger partial charge in [0.1, 0.15) is 42.6 Å². The molecular weight excluding hydrogens is 588 g/mol. The van der Waals surface area contributed by atoms with Crippen LogP contribution in [0.4, 0.5) is 26.0 Å². The number of aromatic nitrogens is 3. The molecule has 11 nitrogen and oxygen atoms in total. The molecule has 45 heavy (non-hydrogen) atoms.